The summed E-state index contributed by atoms with van der Waals surface area (Å²) in [7, 11) is -0.848. The summed E-state index contributed by atoms with van der Waals surface area (Å²) in [6.07, 6.45) is 4.57. The maximum Gasteiger partial charge on any atom is 0.290 e. The molecule has 72 valence electrons. The molecule has 0 spiro atoms. The summed E-state index contributed by atoms with van der Waals surface area (Å²) >= 11 is 0. The summed E-state index contributed by atoms with van der Waals surface area (Å²) in [5.41, 5.74) is -0.260. The zero-order valence-electron chi connectivity index (χ0n) is 7.24. The van der Waals surface area contributed by atoms with Crippen LogP contribution in [-0.4, -0.2) is 32.7 Å². The topological polar surface area (TPSA) is 74.8 Å². The van der Waals surface area contributed by atoms with E-state index in [1.807, 2.05) is 0 Å². The van der Waals surface area contributed by atoms with Crippen molar-refractivity contribution >= 4 is 16.6 Å². The Morgan fingerprint density at radius 3 is 3.08 bits per heavy atom. The van der Waals surface area contributed by atoms with Gasteiger partial charge in [0.2, 0.25) is 0 Å². The second kappa shape index (κ2) is 4.76. The van der Waals surface area contributed by atoms with Crippen LogP contribution in [0.4, 0.5) is 5.82 Å². The zero-order valence-corrected chi connectivity index (χ0v) is 8.06. The van der Waals surface area contributed by atoms with E-state index >= 15 is 0 Å². The standard InChI is InChI=1S/C7H11N3O2S/c1-13(12)5-4-9-6-7(11)10-3-2-8-6/h2-3H,4-5H2,1H3,(H,8,9)(H,10,11). The average Bonchev–Trinajstić information content (AvgIpc) is 2.08. The predicted molar refractivity (Wildman–Crippen MR) is 52.3 cm³/mol. The van der Waals surface area contributed by atoms with Crippen molar-refractivity contribution in [1.29, 1.82) is 0 Å². The van der Waals surface area contributed by atoms with Crippen molar-refractivity contribution in [2.24, 2.45) is 0 Å². The molecule has 0 saturated heterocycles. The van der Waals surface area contributed by atoms with Crippen LogP contribution in [0.2, 0.25) is 0 Å². The van der Waals surface area contributed by atoms with E-state index in [1.54, 1.807) is 6.26 Å². The van der Waals surface area contributed by atoms with E-state index in [1.165, 1.54) is 12.4 Å². The molecule has 0 radical (unpaired) electrons. The molecule has 0 bridgehead atoms. The lowest BCUT2D eigenvalue weighted by atomic mass is 10.6. The van der Waals surface area contributed by atoms with Gasteiger partial charge in [-0.3, -0.25) is 9.00 Å². The molecule has 1 heterocycles. The Morgan fingerprint density at radius 1 is 1.69 bits per heavy atom. The summed E-state index contributed by atoms with van der Waals surface area (Å²) in [6.45, 7) is 0.489. The first kappa shape index (κ1) is 9.91. The Kier molecular flexibility index (Phi) is 3.63. The molecule has 0 aliphatic heterocycles. The Morgan fingerprint density at radius 2 is 2.46 bits per heavy atom. The molecular weight excluding hydrogens is 190 g/mol. The van der Waals surface area contributed by atoms with Gasteiger partial charge in [-0.25, -0.2) is 4.98 Å². The average molecular weight is 201 g/mol. The van der Waals surface area contributed by atoms with Gasteiger partial charge in [0, 0.05) is 41.7 Å². The molecule has 6 heteroatoms. The Balaban J connectivity index is 2.50. The second-order valence-electron chi connectivity index (χ2n) is 2.47. The highest BCUT2D eigenvalue weighted by Gasteiger charge is 1.98. The van der Waals surface area contributed by atoms with Gasteiger partial charge in [-0.1, -0.05) is 0 Å². The minimum atomic E-state index is -0.848. The lowest BCUT2D eigenvalue weighted by molar-refractivity contribution is 0.687. The number of hydrogen-bond acceptors (Lipinski definition) is 4. The molecule has 1 rings (SSSR count). The SMILES string of the molecule is CS(=O)CCNc1ncc[nH]c1=O. The number of rotatable bonds is 4. The molecule has 5 nitrogen and oxygen atoms in total. The maximum absolute atomic E-state index is 11.0. The largest absolute Gasteiger partial charge is 0.365 e. The zero-order chi connectivity index (χ0) is 9.68. The van der Waals surface area contributed by atoms with Crippen LogP contribution in [0.25, 0.3) is 0 Å². The van der Waals surface area contributed by atoms with E-state index in [0.717, 1.165) is 0 Å². The smallest absolute Gasteiger partial charge is 0.290 e. The maximum atomic E-state index is 11.0. The normalized spacial score (nSPS) is 12.4. The summed E-state index contributed by atoms with van der Waals surface area (Å²) < 4.78 is 10.7. The van der Waals surface area contributed by atoms with Gasteiger partial charge >= 0.3 is 0 Å². The summed E-state index contributed by atoms with van der Waals surface area (Å²) in [6, 6.07) is 0. The van der Waals surface area contributed by atoms with Gasteiger partial charge in [0.15, 0.2) is 5.82 Å². The second-order valence-corrected chi connectivity index (χ2v) is 4.03. The van der Waals surface area contributed by atoms with E-state index < -0.39 is 10.8 Å². The molecule has 1 atom stereocenters. The summed E-state index contributed by atoms with van der Waals surface area (Å²) in [4.78, 5) is 17.3. The predicted octanol–water partition coefficient (Wildman–Crippen LogP) is -0.440. The van der Waals surface area contributed by atoms with Crippen molar-refractivity contribution in [3.05, 3.63) is 22.7 Å². The summed E-state index contributed by atoms with van der Waals surface area (Å²) in [5, 5.41) is 2.80. The molecule has 0 amide bonds. The molecule has 0 aromatic carbocycles. The van der Waals surface area contributed by atoms with Crippen LogP contribution in [0, 0.1) is 0 Å². The van der Waals surface area contributed by atoms with Gasteiger partial charge in [-0.2, -0.15) is 0 Å². The lowest BCUT2D eigenvalue weighted by Gasteiger charge is -2.01. The van der Waals surface area contributed by atoms with Gasteiger partial charge in [0.05, 0.1) is 0 Å². The Hall–Kier alpha value is -1.17. The fourth-order valence-electron chi connectivity index (χ4n) is 0.791. The first-order chi connectivity index (χ1) is 6.20. The Labute approximate surface area is 78.1 Å². The Bertz CT molecular complexity index is 350. The molecular formula is C7H11N3O2S. The fraction of sp³-hybridized carbons (Fsp3) is 0.429. The van der Waals surface area contributed by atoms with Crippen molar-refractivity contribution in [1.82, 2.24) is 9.97 Å². The molecule has 0 saturated carbocycles. The van der Waals surface area contributed by atoms with E-state index in [2.05, 4.69) is 15.3 Å². The van der Waals surface area contributed by atoms with Gasteiger partial charge in [0.25, 0.3) is 5.56 Å². The van der Waals surface area contributed by atoms with Crippen molar-refractivity contribution in [3.8, 4) is 0 Å². The van der Waals surface area contributed by atoms with Crippen molar-refractivity contribution in [2.75, 3.05) is 23.9 Å². The lowest BCUT2D eigenvalue weighted by Crippen LogP contribution is -2.18. The number of hydrogen-bond donors (Lipinski definition) is 2. The molecule has 0 fully saturated rings. The first-order valence-corrected chi connectivity index (χ1v) is 5.50. The van der Waals surface area contributed by atoms with Crippen LogP contribution in [0.5, 0.6) is 0 Å². The van der Waals surface area contributed by atoms with Gasteiger partial charge in [-0.05, 0) is 0 Å². The minimum absolute atomic E-state index is 0.260. The number of nitrogens with zero attached hydrogens (tertiary/aromatic N) is 1. The van der Waals surface area contributed by atoms with Crippen LogP contribution in [0.3, 0.4) is 0 Å². The van der Waals surface area contributed by atoms with E-state index in [9.17, 15) is 9.00 Å². The van der Waals surface area contributed by atoms with Crippen molar-refractivity contribution in [2.45, 2.75) is 0 Å². The van der Waals surface area contributed by atoms with Gasteiger partial charge in [0.1, 0.15) is 0 Å². The highest BCUT2D eigenvalue weighted by molar-refractivity contribution is 7.84. The number of H-pyrrole nitrogens is 1. The van der Waals surface area contributed by atoms with Gasteiger partial charge in [-0.15, -0.1) is 0 Å². The molecule has 1 aromatic heterocycles. The van der Waals surface area contributed by atoms with E-state index in [-0.39, 0.29) is 11.4 Å². The number of nitrogens with one attached hydrogen (secondary N) is 2. The van der Waals surface area contributed by atoms with E-state index in [4.69, 9.17) is 0 Å². The van der Waals surface area contributed by atoms with Crippen LogP contribution >= 0.6 is 0 Å². The first-order valence-electron chi connectivity index (χ1n) is 3.78. The van der Waals surface area contributed by atoms with Crippen LogP contribution in [0.1, 0.15) is 0 Å². The van der Waals surface area contributed by atoms with E-state index in [0.29, 0.717) is 12.3 Å². The van der Waals surface area contributed by atoms with Crippen molar-refractivity contribution in [3.63, 3.8) is 0 Å². The number of aromatic amines is 1. The minimum Gasteiger partial charge on any atom is -0.365 e. The quantitative estimate of drug-likeness (QED) is 0.692. The van der Waals surface area contributed by atoms with Crippen LogP contribution in [0.15, 0.2) is 17.2 Å². The molecule has 2 N–H and O–H groups in total. The summed E-state index contributed by atoms with van der Waals surface area (Å²) in [5.74, 6) is 0.781. The van der Waals surface area contributed by atoms with Crippen LogP contribution < -0.4 is 10.9 Å². The molecule has 1 unspecified atom stereocenters. The number of anilines is 1. The molecule has 1 aromatic rings. The molecule has 0 aliphatic carbocycles. The monoisotopic (exact) mass is 201 g/mol. The fourth-order valence-corrected chi connectivity index (χ4v) is 1.18. The third-order valence-corrected chi connectivity index (χ3v) is 2.17. The molecule has 13 heavy (non-hydrogen) atoms. The third kappa shape index (κ3) is 3.37. The number of aromatic nitrogens is 2. The highest BCUT2D eigenvalue weighted by atomic mass is 32.2. The van der Waals surface area contributed by atoms with Gasteiger partial charge < -0.3 is 10.3 Å². The highest BCUT2D eigenvalue weighted by Crippen LogP contribution is 1.88. The third-order valence-electron chi connectivity index (χ3n) is 1.39. The van der Waals surface area contributed by atoms with Crippen LogP contribution in [-0.2, 0) is 10.8 Å². The molecule has 0 aliphatic rings. The van der Waals surface area contributed by atoms with Crippen molar-refractivity contribution < 1.29 is 4.21 Å².